The van der Waals surface area contributed by atoms with Crippen molar-refractivity contribution in [3.05, 3.63) is 90.0 Å². The summed E-state index contributed by atoms with van der Waals surface area (Å²) in [5.74, 6) is 1.78. The topological polar surface area (TPSA) is 54.2 Å². The molecule has 1 aromatic heterocycles. The molecule has 148 valence electrons. The van der Waals surface area contributed by atoms with Gasteiger partial charge >= 0.3 is 0 Å². The number of nitrogens with zero attached hydrogens (tertiary/aromatic N) is 3. The smallest absolute Gasteiger partial charge is 0.191 e. The first-order valence-electron chi connectivity index (χ1n) is 9.45. The number of imidazole rings is 1. The number of hydrogen-bond donors (Lipinski definition) is 2. The predicted octanol–water partition coefficient (Wildman–Crippen LogP) is 3.85. The summed E-state index contributed by atoms with van der Waals surface area (Å²) in [6.07, 6.45) is 4.81. The van der Waals surface area contributed by atoms with Gasteiger partial charge in [-0.25, -0.2) is 9.98 Å². The number of nitrogens with one attached hydrogen (secondary N) is 2. The van der Waals surface area contributed by atoms with Crippen molar-refractivity contribution in [3.63, 3.8) is 0 Å². The molecule has 0 bridgehead atoms. The first kappa shape index (κ1) is 21.9. The first-order chi connectivity index (χ1) is 13.3. The van der Waals surface area contributed by atoms with Gasteiger partial charge in [0.25, 0.3) is 0 Å². The molecule has 1 heterocycles. The molecule has 0 fully saturated rings. The molecular weight excluding hydrogens is 461 g/mol. The van der Waals surface area contributed by atoms with E-state index in [2.05, 4.69) is 75.6 Å². The second kappa shape index (κ2) is 12.2. The van der Waals surface area contributed by atoms with Gasteiger partial charge in [-0.3, -0.25) is 0 Å². The van der Waals surface area contributed by atoms with Crippen LogP contribution in [-0.4, -0.2) is 28.6 Å². The number of rotatable bonds is 8. The molecule has 0 saturated heterocycles. The average molecular weight is 489 g/mol. The van der Waals surface area contributed by atoms with Gasteiger partial charge in [0.15, 0.2) is 5.96 Å². The van der Waals surface area contributed by atoms with Crippen LogP contribution in [0.25, 0.3) is 0 Å². The Kier molecular flexibility index (Phi) is 9.54. The van der Waals surface area contributed by atoms with Crippen molar-refractivity contribution in [2.24, 2.45) is 4.99 Å². The van der Waals surface area contributed by atoms with Gasteiger partial charge in [0.1, 0.15) is 12.4 Å². The summed E-state index contributed by atoms with van der Waals surface area (Å²) in [7, 11) is 0. The summed E-state index contributed by atoms with van der Waals surface area (Å²) >= 11 is 0. The number of guanidine groups is 1. The average Bonchev–Trinajstić information content (AvgIpc) is 3.14. The van der Waals surface area contributed by atoms with E-state index in [1.165, 1.54) is 11.1 Å². The molecule has 0 aliphatic rings. The Morgan fingerprint density at radius 2 is 1.64 bits per heavy atom. The predicted molar refractivity (Wildman–Crippen MR) is 126 cm³/mol. The summed E-state index contributed by atoms with van der Waals surface area (Å²) in [5, 5.41) is 6.70. The molecule has 28 heavy (non-hydrogen) atoms. The minimum absolute atomic E-state index is 0. The van der Waals surface area contributed by atoms with Crippen LogP contribution < -0.4 is 10.6 Å². The van der Waals surface area contributed by atoms with Crippen LogP contribution in [0.2, 0.25) is 0 Å². The molecule has 2 aromatic carbocycles. The largest absolute Gasteiger partial charge is 0.357 e. The molecule has 0 saturated carbocycles. The van der Waals surface area contributed by atoms with Gasteiger partial charge < -0.3 is 15.2 Å². The van der Waals surface area contributed by atoms with Gasteiger partial charge in [0.05, 0.1) is 0 Å². The molecule has 3 rings (SSSR count). The SMILES string of the molecule is CCNC(=NCc1nccn1Cc1ccccc1)NCCc1ccccc1.I. The minimum atomic E-state index is 0. The summed E-state index contributed by atoms with van der Waals surface area (Å²) in [5.41, 5.74) is 2.58. The molecule has 0 spiro atoms. The highest BCUT2D eigenvalue weighted by Crippen LogP contribution is 2.06. The molecule has 0 atom stereocenters. The van der Waals surface area contributed by atoms with Crippen LogP contribution in [0.1, 0.15) is 23.9 Å². The van der Waals surface area contributed by atoms with E-state index in [9.17, 15) is 0 Å². The standard InChI is InChI=1S/C22H27N5.HI/c1-2-23-22(25-14-13-19-9-5-3-6-10-19)26-17-21-24-15-16-27(21)18-20-11-7-4-8-12-20;/h3-12,15-16H,2,13-14,17-18H2,1H3,(H2,23,25,26);1H. The van der Waals surface area contributed by atoms with Crippen LogP contribution in [0.4, 0.5) is 0 Å². The van der Waals surface area contributed by atoms with E-state index in [4.69, 9.17) is 4.99 Å². The fraction of sp³-hybridized carbons (Fsp3) is 0.273. The van der Waals surface area contributed by atoms with E-state index in [0.717, 1.165) is 37.8 Å². The van der Waals surface area contributed by atoms with Gasteiger partial charge in [-0.15, -0.1) is 24.0 Å². The number of halogens is 1. The molecular formula is C22H28IN5. The Morgan fingerprint density at radius 1 is 0.964 bits per heavy atom. The van der Waals surface area contributed by atoms with Crippen molar-refractivity contribution in [3.8, 4) is 0 Å². The highest BCUT2D eigenvalue weighted by Gasteiger charge is 2.04. The first-order valence-corrected chi connectivity index (χ1v) is 9.45. The Balaban J connectivity index is 0.00000280. The Morgan fingerprint density at radius 3 is 2.32 bits per heavy atom. The van der Waals surface area contributed by atoms with Crippen molar-refractivity contribution in [1.29, 1.82) is 0 Å². The third kappa shape index (κ3) is 6.99. The highest BCUT2D eigenvalue weighted by atomic mass is 127. The van der Waals surface area contributed by atoms with Gasteiger partial charge in [0, 0.05) is 32.0 Å². The lowest BCUT2D eigenvalue weighted by molar-refractivity contribution is 0.716. The van der Waals surface area contributed by atoms with E-state index in [0.29, 0.717) is 6.54 Å². The van der Waals surface area contributed by atoms with Crippen molar-refractivity contribution in [2.45, 2.75) is 26.4 Å². The van der Waals surface area contributed by atoms with E-state index in [1.54, 1.807) is 0 Å². The van der Waals surface area contributed by atoms with E-state index in [-0.39, 0.29) is 24.0 Å². The monoisotopic (exact) mass is 489 g/mol. The van der Waals surface area contributed by atoms with E-state index in [1.807, 2.05) is 24.5 Å². The van der Waals surface area contributed by atoms with Gasteiger partial charge in [-0.05, 0) is 24.5 Å². The molecule has 0 aliphatic heterocycles. The Bertz CT molecular complexity index is 830. The molecule has 0 aliphatic carbocycles. The van der Waals surface area contributed by atoms with Crippen molar-refractivity contribution in [1.82, 2.24) is 20.2 Å². The van der Waals surface area contributed by atoms with Crippen LogP contribution in [0.3, 0.4) is 0 Å². The second-order valence-corrected chi connectivity index (χ2v) is 6.31. The van der Waals surface area contributed by atoms with E-state index < -0.39 is 0 Å². The number of benzene rings is 2. The minimum Gasteiger partial charge on any atom is -0.357 e. The maximum Gasteiger partial charge on any atom is 0.191 e. The molecule has 0 unspecified atom stereocenters. The zero-order valence-corrected chi connectivity index (χ0v) is 18.5. The lowest BCUT2D eigenvalue weighted by Crippen LogP contribution is -2.38. The van der Waals surface area contributed by atoms with Crippen LogP contribution in [-0.2, 0) is 19.5 Å². The summed E-state index contributed by atoms with van der Waals surface area (Å²) in [6, 6.07) is 20.9. The molecule has 0 radical (unpaired) electrons. The summed E-state index contributed by atoms with van der Waals surface area (Å²) < 4.78 is 2.15. The Hall–Kier alpha value is -2.35. The molecule has 6 heteroatoms. The molecule has 2 N–H and O–H groups in total. The maximum absolute atomic E-state index is 4.70. The lowest BCUT2D eigenvalue weighted by Gasteiger charge is -2.12. The van der Waals surface area contributed by atoms with Crippen LogP contribution >= 0.6 is 24.0 Å². The van der Waals surface area contributed by atoms with Crippen molar-refractivity contribution < 1.29 is 0 Å². The van der Waals surface area contributed by atoms with Crippen molar-refractivity contribution >= 4 is 29.9 Å². The Labute approximate surface area is 184 Å². The number of hydrogen-bond acceptors (Lipinski definition) is 2. The normalized spacial score (nSPS) is 11.0. The van der Waals surface area contributed by atoms with Gasteiger partial charge in [0.2, 0.25) is 0 Å². The summed E-state index contributed by atoms with van der Waals surface area (Å²) in [4.78, 5) is 9.17. The number of aliphatic imine (C=N–C) groups is 1. The third-order valence-electron chi connectivity index (χ3n) is 4.27. The lowest BCUT2D eigenvalue weighted by atomic mass is 10.1. The van der Waals surface area contributed by atoms with Crippen LogP contribution in [0.5, 0.6) is 0 Å². The van der Waals surface area contributed by atoms with Gasteiger partial charge in [-0.2, -0.15) is 0 Å². The second-order valence-electron chi connectivity index (χ2n) is 6.31. The zero-order valence-electron chi connectivity index (χ0n) is 16.2. The van der Waals surface area contributed by atoms with Gasteiger partial charge in [-0.1, -0.05) is 60.7 Å². The number of aromatic nitrogens is 2. The maximum atomic E-state index is 4.70. The van der Waals surface area contributed by atoms with Crippen LogP contribution in [0, 0.1) is 0 Å². The zero-order chi connectivity index (χ0) is 18.7. The molecule has 0 amide bonds. The fourth-order valence-corrected chi connectivity index (χ4v) is 2.88. The van der Waals surface area contributed by atoms with Crippen molar-refractivity contribution in [2.75, 3.05) is 13.1 Å². The van der Waals surface area contributed by atoms with E-state index >= 15 is 0 Å². The molecule has 3 aromatic rings. The van der Waals surface area contributed by atoms with Crippen LogP contribution in [0.15, 0.2) is 78.0 Å². The summed E-state index contributed by atoms with van der Waals surface area (Å²) in [6.45, 7) is 5.10. The third-order valence-corrected chi connectivity index (χ3v) is 4.27. The molecule has 5 nitrogen and oxygen atoms in total. The highest BCUT2D eigenvalue weighted by molar-refractivity contribution is 14.0. The quantitative estimate of drug-likeness (QED) is 0.287. The fourth-order valence-electron chi connectivity index (χ4n) is 2.88.